The van der Waals surface area contributed by atoms with Crippen molar-refractivity contribution in [2.75, 3.05) is 20.1 Å². The minimum atomic E-state index is -0.930. The van der Waals surface area contributed by atoms with Crippen molar-refractivity contribution in [3.05, 3.63) is 70.7 Å². The van der Waals surface area contributed by atoms with E-state index in [1.807, 2.05) is 42.5 Å². The maximum Gasteiger partial charge on any atom is 0.408 e. The van der Waals surface area contributed by atoms with E-state index in [4.69, 9.17) is 16.3 Å². The topological polar surface area (TPSA) is 91.3 Å². The monoisotopic (exact) mass is 524 g/mol. The van der Waals surface area contributed by atoms with Gasteiger partial charge in [-0.1, -0.05) is 54.1 Å². The van der Waals surface area contributed by atoms with Crippen molar-refractivity contribution in [3.8, 4) is 0 Å². The van der Waals surface area contributed by atoms with E-state index in [1.54, 1.807) is 44.9 Å². The van der Waals surface area contributed by atoms with Crippen LogP contribution in [-0.2, 0) is 27.2 Å². The number of likely N-dealkylation sites (tertiary alicyclic amines) is 1. The largest absolute Gasteiger partial charge is 0.444 e. The number of alkyl carbamates (subject to hydrolysis) is 1. The molecule has 9 heteroatoms. The van der Waals surface area contributed by atoms with Crippen LogP contribution in [0.1, 0.15) is 38.3 Å². The second kappa shape index (κ2) is 10.5. The number of amides is 3. The van der Waals surface area contributed by atoms with Crippen LogP contribution in [0.2, 0.25) is 5.02 Å². The molecule has 2 aliphatic rings. The van der Waals surface area contributed by atoms with Crippen LogP contribution in [0.25, 0.3) is 0 Å². The Balaban J connectivity index is 1.60. The summed E-state index contributed by atoms with van der Waals surface area (Å²) in [6.45, 7) is 5.90. The van der Waals surface area contributed by atoms with Crippen LogP contribution in [0.4, 0.5) is 4.79 Å². The second-order valence-electron chi connectivity index (χ2n) is 10.7. The average Bonchev–Trinajstić information content (AvgIpc) is 3.08. The predicted molar refractivity (Wildman–Crippen MR) is 142 cm³/mol. The van der Waals surface area contributed by atoms with Crippen LogP contribution in [-0.4, -0.2) is 65.3 Å². The Labute approximate surface area is 222 Å². The van der Waals surface area contributed by atoms with E-state index in [9.17, 15) is 14.4 Å². The zero-order chi connectivity index (χ0) is 26.8. The summed E-state index contributed by atoms with van der Waals surface area (Å²) in [6.07, 6.45) is 0.511. The summed E-state index contributed by atoms with van der Waals surface area (Å²) < 4.78 is 5.44. The van der Waals surface area contributed by atoms with Gasteiger partial charge in [0.2, 0.25) is 5.91 Å². The number of hydrogen-bond acceptors (Lipinski definition) is 5. The maximum atomic E-state index is 13.9. The predicted octanol–water partition coefficient (Wildman–Crippen LogP) is 4.07. The van der Waals surface area contributed by atoms with E-state index in [-0.39, 0.29) is 24.8 Å². The van der Waals surface area contributed by atoms with E-state index < -0.39 is 23.2 Å². The van der Waals surface area contributed by atoms with E-state index in [1.165, 1.54) is 5.01 Å². The number of fused-ring (bicyclic) bond motifs is 1. The van der Waals surface area contributed by atoms with E-state index in [2.05, 4.69) is 10.4 Å². The average molecular weight is 525 g/mol. The Hall–Kier alpha value is -3.39. The maximum absolute atomic E-state index is 13.9. The Bertz CT molecular complexity index is 1190. The number of nitrogens with one attached hydrogen (secondary N) is 1. The lowest BCUT2D eigenvalue weighted by Crippen LogP contribution is -2.59. The third kappa shape index (κ3) is 6.13. The molecular formula is C28H33ClN4O4. The van der Waals surface area contributed by atoms with Gasteiger partial charge >= 0.3 is 6.09 Å². The molecule has 0 aliphatic carbocycles. The molecule has 2 heterocycles. The van der Waals surface area contributed by atoms with Gasteiger partial charge in [-0.05, 0) is 50.5 Å². The fourth-order valence-electron chi connectivity index (χ4n) is 4.94. The number of halogens is 1. The number of hydrazone groups is 1. The van der Waals surface area contributed by atoms with Gasteiger partial charge in [0.1, 0.15) is 17.1 Å². The lowest BCUT2D eigenvalue weighted by molar-refractivity contribution is -0.140. The van der Waals surface area contributed by atoms with Crippen LogP contribution in [0.5, 0.6) is 0 Å². The highest BCUT2D eigenvalue weighted by molar-refractivity contribution is 6.30. The zero-order valence-electron chi connectivity index (χ0n) is 21.7. The van der Waals surface area contributed by atoms with Crippen LogP contribution >= 0.6 is 11.6 Å². The number of rotatable bonds is 6. The number of carbonyl (C=O) groups excluding carboxylic acids is 3. The molecule has 0 spiro atoms. The Morgan fingerprint density at radius 3 is 2.43 bits per heavy atom. The van der Waals surface area contributed by atoms with Gasteiger partial charge in [-0.2, -0.15) is 5.10 Å². The highest BCUT2D eigenvalue weighted by Gasteiger charge is 2.53. The molecule has 0 radical (unpaired) electrons. The summed E-state index contributed by atoms with van der Waals surface area (Å²) in [4.78, 5) is 41.7. The number of piperidine rings is 1. The summed E-state index contributed by atoms with van der Waals surface area (Å²) in [5.74, 6) is -0.396. The molecular weight excluding hydrogens is 492 g/mol. The molecule has 8 nitrogen and oxygen atoms in total. The second-order valence-corrected chi connectivity index (χ2v) is 11.1. The molecule has 1 unspecified atom stereocenters. The van der Waals surface area contributed by atoms with Crippen LogP contribution in [0.15, 0.2) is 59.7 Å². The molecule has 0 bridgehead atoms. The fourth-order valence-corrected chi connectivity index (χ4v) is 5.07. The number of nitrogens with zero attached hydrogens (tertiary/aromatic N) is 3. The Kier molecular flexibility index (Phi) is 7.59. The minimum absolute atomic E-state index is 0.127. The summed E-state index contributed by atoms with van der Waals surface area (Å²) in [5.41, 5.74) is 0.990. The lowest BCUT2D eigenvalue weighted by Gasteiger charge is -2.40. The first-order valence-corrected chi connectivity index (χ1v) is 12.8. The summed E-state index contributed by atoms with van der Waals surface area (Å²) in [7, 11) is 1.65. The number of hydrogen-bond donors (Lipinski definition) is 1. The van der Waals surface area contributed by atoms with Gasteiger partial charge in [-0.25, -0.2) is 9.80 Å². The van der Waals surface area contributed by atoms with Crippen molar-refractivity contribution in [1.29, 1.82) is 0 Å². The van der Waals surface area contributed by atoms with Gasteiger partial charge < -0.3 is 15.0 Å². The van der Waals surface area contributed by atoms with Crippen molar-refractivity contribution in [1.82, 2.24) is 15.2 Å². The molecule has 196 valence electrons. The van der Waals surface area contributed by atoms with Gasteiger partial charge in [0.15, 0.2) is 0 Å². The fraction of sp³-hybridized carbons (Fsp3) is 0.429. The molecule has 37 heavy (non-hydrogen) atoms. The molecule has 0 saturated carbocycles. The van der Waals surface area contributed by atoms with E-state index in [0.717, 1.165) is 16.8 Å². The smallest absolute Gasteiger partial charge is 0.408 e. The van der Waals surface area contributed by atoms with Crippen molar-refractivity contribution in [3.63, 3.8) is 0 Å². The van der Waals surface area contributed by atoms with Crippen molar-refractivity contribution >= 4 is 35.2 Å². The molecule has 2 aromatic carbocycles. The standard InChI is InChI=1S/C28H33ClN4O4/c1-27(2,3)37-26(36)30-22(16-19-10-12-21(29)13-11-19)24(34)33-15-14-23-28(18-33,25(35)32(4)31-23)17-20-8-6-5-7-9-20/h5-13,22H,14-18H2,1-4H3,(H,30,36)/t22-,28?/m1/s1. The zero-order valence-corrected chi connectivity index (χ0v) is 22.4. The van der Waals surface area contributed by atoms with Gasteiger partial charge in [-0.3, -0.25) is 9.59 Å². The first kappa shape index (κ1) is 26.7. The summed E-state index contributed by atoms with van der Waals surface area (Å²) >= 11 is 6.04. The number of benzene rings is 2. The normalized spacial score (nSPS) is 20.2. The number of ether oxygens (including phenoxy) is 1. The first-order valence-electron chi connectivity index (χ1n) is 12.4. The van der Waals surface area contributed by atoms with Crippen molar-refractivity contribution < 1.29 is 19.1 Å². The Morgan fingerprint density at radius 2 is 1.78 bits per heavy atom. The first-order chi connectivity index (χ1) is 17.5. The van der Waals surface area contributed by atoms with Gasteiger partial charge in [-0.15, -0.1) is 0 Å². The Morgan fingerprint density at radius 1 is 1.11 bits per heavy atom. The minimum Gasteiger partial charge on any atom is -0.444 e. The van der Waals surface area contributed by atoms with E-state index in [0.29, 0.717) is 24.4 Å². The van der Waals surface area contributed by atoms with Gasteiger partial charge in [0.25, 0.3) is 5.91 Å². The molecule has 1 saturated heterocycles. The molecule has 4 rings (SSSR count). The third-order valence-electron chi connectivity index (χ3n) is 6.61. The van der Waals surface area contributed by atoms with Crippen LogP contribution in [0, 0.1) is 5.41 Å². The van der Waals surface area contributed by atoms with Crippen LogP contribution < -0.4 is 5.32 Å². The SMILES string of the molecule is CN1N=C2CCN(C(=O)[C@@H](Cc3ccc(Cl)cc3)NC(=O)OC(C)(C)C)CC2(Cc2ccccc2)C1=O. The lowest BCUT2D eigenvalue weighted by atomic mass is 9.73. The highest BCUT2D eigenvalue weighted by Crippen LogP contribution is 2.38. The van der Waals surface area contributed by atoms with Gasteiger partial charge in [0.05, 0.1) is 5.71 Å². The molecule has 2 aromatic rings. The van der Waals surface area contributed by atoms with Gasteiger partial charge in [0, 0.05) is 38.0 Å². The highest BCUT2D eigenvalue weighted by atomic mass is 35.5. The summed E-state index contributed by atoms with van der Waals surface area (Å²) in [6, 6.07) is 16.0. The molecule has 2 atom stereocenters. The molecule has 1 N–H and O–H groups in total. The third-order valence-corrected chi connectivity index (χ3v) is 6.86. The van der Waals surface area contributed by atoms with Crippen molar-refractivity contribution in [2.45, 2.75) is 51.7 Å². The molecule has 3 amide bonds. The van der Waals surface area contributed by atoms with Crippen molar-refractivity contribution in [2.24, 2.45) is 10.5 Å². The number of carbonyl (C=O) groups is 3. The molecule has 2 aliphatic heterocycles. The quantitative estimate of drug-likeness (QED) is 0.616. The van der Waals surface area contributed by atoms with E-state index >= 15 is 0 Å². The summed E-state index contributed by atoms with van der Waals surface area (Å²) in [5, 5.41) is 9.26. The van der Waals surface area contributed by atoms with Crippen LogP contribution in [0.3, 0.4) is 0 Å². The molecule has 1 fully saturated rings. The molecule has 0 aromatic heterocycles.